The van der Waals surface area contributed by atoms with Gasteiger partial charge in [0.1, 0.15) is 5.58 Å². The summed E-state index contributed by atoms with van der Waals surface area (Å²) in [7, 11) is 0. The van der Waals surface area contributed by atoms with E-state index in [1.807, 2.05) is 6.07 Å². The zero-order valence-corrected chi connectivity index (χ0v) is 21.3. The monoisotopic (exact) mass is 480 g/mol. The van der Waals surface area contributed by atoms with Crippen molar-refractivity contribution in [2.24, 2.45) is 0 Å². The Bertz CT molecular complexity index is 1920. The van der Waals surface area contributed by atoms with Crippen LogP contribution in [0.1, 0.15) is 20.8 Å². The van der Waals surface area contributed by atoms with E-state index >= 15 is 0 Å². The second-order valence-electron chi connectivity index (χ2n) is 10.6. The largest absolute Gasteiger partial charge is 0.454 e. The first-order valence-electron chi connectivity index (χ1n) is 12.8. The summed E-state index contributed by atoms with van der Waals surface area (Å²) in [4.78, 5) is 2.45. The van der Waals surface area contributed by atoms with E-state index in [-0.39, 0.29) is 5.54 Å². The summed E-state index contributed by atoms with van der Waals surface area (Å²) in [5, 5.41) is 4.77. The summed E-state index contributed by atoms with van der Waals surface area (Å²) in [6.45, 7) is 6.80. The number of nitrogens with zero attached hydrogens (tertiary/aromatic N) is 2. The van der Waals surface area contributed by atoms with Crippen LogP contribution in [0.25, 0.3) is 49.4 Å². The van der Waals surface area contributed by atoms with E-state index in [4.69, 9.17) is 4.42 Å². The van der Waals surface area contributed by atoms with E-state index in [0.717, 1.165) is 33.3 Å². The number of rotatable bonds is 3. The third-order valence-electron chi connectivity index (χ3n) is 7.23. The molecule has 37 heavy (non-hydrogen) atoms. The number of benzene rings is 5. The summed E-state index contributed by atoms with van der Waals surface area (Å²) in [6, 6.07) is 40.8. The van der Waals surface area contributed by atoms with E-state index in [2.05, 4.69) is 139 Å². The number of para-hydroxylation sites is 4. The van der Waals surface area contributed by atoms with Crippen LogP contribution in [0, 0.1) is 0 Å². The maximum absolute atomic E-state index is 6.51. The SMILES string of the molecule is CC(C)(C)N(c1cccc2c1oc1ccccc12)c1cccc2c1c1ccccc1n2-c1ccccc1. The van der Waals surface area contributed by atoms with Crippen molar-refractivity contribution in [2.45, 2.75) is 26.3 Å². The topological polar surface area (TPSA) is 21.3 Å². The van der Waals surface area contributed by atoms with Gasteiger partial charge in [0.15, 0.2) is 5.58 Å². The minimum Gasteiger partial charge on any atom is -0.454 e. The molecule has 0 bridgehead atoms. The Morgan fingerprint density at radius 1 is 0.568 bits per heavy atom. The predicted octanol–water partition coefficient (Wildman–Crippen LogP) is 9.62. The molecule has 7 rings (SSSR count). The van der Waals surface area contributed by atoms with Crippen molar-refractivity contribution in [1.82, 2.24) is 4.57 Å². The molecule has 3 heteroatoms. The molecule has 2 heterocycles. The van der Waals surface area contributed by atoms with Gasteiger partial charge < -0.3 is 13.9 Å². The van der Waals surface area contributed by atoms with E-state index in [1.165, 1.54) is 27.5 Å². The Balaban J connectivity index is 1.59. The van der Waals surface area contributed by atoms with Gasteiger partial charge in [0.2, 0.25) is 0 Å². The molecule has 2 aromatic heterocycles. The average molecular weight is 481 g/mol. The van der Waals surface area contributed by atoms with Crippen LogP contribution < -0.4 is 4.90 Å². The van der Waals surface area contributed by atoms with Crippen molar-refractivity contribution in [3.05, 3.63) is 115 Å². The van der Waals surface area contributed by atoms with Gasteiger partial charge in [-0.15, -0.1) is 0 Å². The van der Waals surface area contributed by atoms with Crippen LogP contribution in [0.15, 0.2) is 120 Å². The number of hydrogen-bond donors (Lipinski definition) is 0. The maximum Gasteiger partial charge on any atom is 0.159 e. The van der Waals surface area contributed by atoms with Crippen LogP contribution >= 0.6 is 0 Å². The zero-order chi connectivity index (χ0) is 25.1. The minimum atomic E-state index is -0.211. The molecule has 0 unspecified atom stereocenters. The van der Waals surface area contributed by atoms with E-state index in [1.54, 1.807) is 0 Å². The molecule has 0 fully saturated rings. The lowest BCUT2D eigenvalue weighted by atomic mass is 9.99. The zero-order valence-electron chi connectivity index (χ0n) is 21.3. The fraction of sp³-hybridized carbons (Fsp3) is 0.118. The Kier molecular flexibility index (Phi) is 4.71. The molecule has 0 saturated heterocycles. The number of aromatic nitrogens is 1. The molecule has 0 spiro atoms. The highest BCUT2D eigenvalue weighted by Crippen LogP contribution is 2.46. The smallest absolute Gasteiger partial charge is 0.159 e. The first-order chi connectivity index (χ1) is 18.0. The Hall–Kier alpha value is -4.50. The summed E-state index contributed by atoms with van der Waals surface area (Å²) in [5.74, 6) is 0. The molecule has 5 aromatic carbocycles. The highest BCUT2D eigenvalue weighted by Gasteiger charge is 2.29. The van der Waals surface area contributed by atoms with Gasteiger partial charge in [-0.1, -0.05) is 72.8 Å². The molecule has 0 atom stereocenters. The molecule has 7 aromatic rings. The molecule has 0 N–H and O–H groups in total. The van der Waals surface area contributed by atoms with Crippen molar-refractivity contribution in [2.75, 3.05) is 4.90 Å². The van der Waals surface area contributed by atoms with Gasteiger partial charge in [0.25, 0.3) is 0 Å². The van der Waals surface area contributed by atoms with Crippen molar-refractivity contribution in [3.8, 4) is 5.69 Å². The van der Waals surface area contributed by atoms with Gasteiger partial charge in [-0.25, -0.2) is 0 Å². The van der Waals surface area contributed by atoms with Gasteiger partial charge in [0.05, 0.1) is 22.4 Å². The molecule has 0 saturated carbocycles. The summed E-state index contributed by atoms with van der Waals surface area (Å²) in [5.41, 5.74) is 7.42. The van der Waals surface area contributed by atoms with Gasteiger partial charge >= 0.3 is 0 Å². The summed E-state index contributed by atoms with van der Waals surface area (Å²) >= 11 is 0. The molecule has 0 aliphatic heterocycles. The maximum atomic E-state index is 6.51. The predicted molar refractivity (Wildman–Crippen MR) is 156 cm³/mol. The molecule has 0 aliphatic rings. The van der Waals surface area contributed by atoms with Gasteiger partial charge in [0, 0.05) is 32.8 Å². The number of fused-ring (bicyclic) bond motifs is 6. The van der Waals surface area contributed by atoms with Crippen molar-refractivity contribution >= 4 is 55.1 Å². The standard InChI is InChI=1S/C34H28N2O/c1-34(2,3)36(30-21-11-17-25-24-15-8-10-22-31(24)37-33(25)30)29-20-12-19-28-32(29)26-16-7-9-18-27(26)35(28)23-13-5-4-6-14-23/h4-22H,1-3H3. The highest BCUT2D eigenvalue weighted by atomic mass is 16.3. The lowest BCUT2D eigenvalue weighted by Crippen LogP contribution is -2.37. The fourth-order valence-electron chi connectivity index (χ4n) is 5.80. The van der Waals surface area contributed by atoms with Crippen LogP contribution in [0.5, 0.6) is 0 Å². The first-order valence-corrected chi connectivity index (χ1v) is 12.8. The molecule has 180 valence electrons. The number of anilines is 2. The van der Waals surface area contributed by atoms with E-state index in [0.29, 0.717) is 0 Å². The highest BCUT2D eigenvalue weighted by molar-refractivity contribution is 6.17. The van der Waals surface area contributed by atoms with Gasteiger partial charge in [-0.05, 0) is 63.2 Å². The van der Waals surface area contributed by atoms with E-state index < -0.39 is 0 Å². The van der Waals surface area contributed by atoms with Gasteiger partial charge in [-0.2, -0.15) is 0 Å². The van der Waals surface area contributed by atoms with Crippen LogP contribution in [0.4, 0.5) is 11.4 Å². The second-order valence-corrected chi connectivity index (χ2v) is 10.6. The van der Waals surface area contributed by atoms with Crippen molar-refractivity contribution < 1.29 is 4.42 Å². The molecular weight excluding hydrogens is 452 g/mol. The van der Waals surface area contributed by atoms with Crippen LogP contribution in [-0.4, -0.2) is 10.1 Å². The number of hydrogen-bond acceptors (Lipinski definition) is 2. The third kappa shape index (κ3) is 3.27. The Morgan fingerprint density at radius 2 is 1.19 bits per heavy atom. The molecule has 0 radical (unpaired) electrons. The third-order valence-corrected chi connectivity index (χ3v) is 7.23. The molecule has 3 nitrogen and oxygen atoms in total. The Morgan fingerprint density at radius 3 is 2.00 bits per heavy atom. The fourth-order valence-corrected chi connectivity index (χ4v) is 5.80. The molecule has 0 amide bonds. The minimum absolute atomic E-state index is 0.211. The molecular formula is C34H28N2O. The number of furan rings is 1. The van der Waals surface area contributed by atoms with Crippen molar-refractivity contribution in [1.29, 1.82) is 0 Å². The van der Waals surface area contributed by atoms with Gasteiger partial charge in [-0.3, -0.25) is 0 Å². The molecule has 0 aliphatic carbocycles. The normalized spacial score (nSPS) is 12.2. The van der Waals surface area contributed by atoms with Crippen LogP contribution in [0.2, 0.25) is 0 Å². The summed E-state index contributed by atoms with van der Waals surface area (Å²) in [6.07, 6.45) is 0. The Labute approximate surface area is 216 Å². The lowest BCUT2D eigenvalue weighted by Gasteiger charge is -2.38. The van der Waals surface area contributed by atoms with Crippen LogP contribution in [-0.2, 0) is 0 Å². The van der Waals surface area contributed by atoms with Crippen molar-refractivity contribution in [3.63, 3.8) is 0 Å². The first kappa shape index (κ1) is 21.8. The van der Waals surface area contributed by atoms with Crippen LogP contribution in [0.3, 0.4) is 0 Å². The quantitative estimate of drug-likeness (QED) is 0.251. The lowest BCUT2D eigenvalue weighted by molar-refractivity contribution is 0.558. The van der Waals surface area contributed by atoms with E-state index in [9.17, 15) is 0 Å². The average Bonchev–Trinajstić information content (AvgIpc) is 3.45. The second kappa shape index (κ2) is 8.01. The summed E-state index contributed by atoms with van der Waals surface area (Å²) < 4.78 is 8.88.